The van der Waals surface area contributed by atoms with E-state index in [0.717, 1.165) is 38.5 Å². The zero-order valence-electron chi connectivity index (χ0n) is 29.4. The number of aliphatic hydroxyl groups excluding tert-OH is 2. The minimum atomic E-state index is -4.40. The van der Waals surface area contributed by atoms with Crippen LogP contribution in [-0.2, 0) is 14.9 Å². The standard InChI is InChI=1S/C37H73NO6S/c1-3-5-7-9-11-13-15-17-18-19-20-22-23-25-27-29-31-35(39)34(33-45(42,43)44)38-37(41)36(40)32-30-28-26-24-21-16-14-12-10-8-6-4-2/h21,24,34-36,39-40H,3-20,22-23,25-33H2,1-2H3,(H,38,41)(H,42,43,44)/b24-21-. The van der Waals surface area contributed by atoms with E-state index in [4.69, 9.17) is 0 Å². The van der Waals surface area contributed by atoms with Crippen molar-refractivity contribution < 1.29 is 28.0 Å². The zero-order chi connectivity index (χ0) is 33.4. The van der Waals surface area contributed by atoms with E-state index in [-0.39, 0.29) is 6.42 Å². The second-order valence-electron chi connectivity index (χ2n) is 13.4. The number of allylic oxidation sites excluding steroid dienone is 2. The fraction of sp³-hybridized carbons (Fsp3) is 0.919. The van der Waals surface area contributed by atoms with Gasteiger partial charge < -0.3 is 15.5 Å². The average Bonchev–Trinajstić information content (AvgIpc) is 3.00. The Kier molecular flexibility index (Phi) is 31.0. The Morgan fingerprint density at radius 1 is 0.578 bits per heavy atom. The highest BCUT2D eigenvalue weighted by Crippen LogP contribution is 2.16. The highest BCUT2D eigenvalue weighted by atomic mass is 32.2. The summed E-state index contributed by atoms with van der Waals surface area (Å²) in [6.07, 6.45) is 33.7. The second-order valence-corrected chi connectivity index (χ2v) is 14.8. The summed E-state index contributed by atoms with van der Waals surface area (Å²) in [6.45, 7) is 4.48. The van der Waals surface area contributed by atoms with Crippen LogP contribution in [-0.4, -0.2) is 53.1 Å². The molecule has 0 heterocycles. The summed E-state index contributed by atoms with van der Waals surface area (Å²) < 4.78 is 32.5. The largest absolute Gasteiger partial charge is 0.391 e. The van der Waals surface area contributed by atoms with Crippen LogP contribution in [0.25, 0.3) is 0 Å². The van der Waals surface area contributed by atoms with E-state index in [1.165, 1.54) is 116 Å². The van der Waals surface area contributed by atoms with Gasteiger partial charge in [0.25, 0.3) is 10.1 Å². The quantitative estimate of drug-likeness (QED) is 0.0310. The molecule has 0 aromatic heterocycles. The number of nitrogens with one attached hydrogen (secondary N) is 1. The van der Waals surface area contributed by atoms with Gasteiger partial charge in [0.2, 0.25) is 5.91 Å². The van der Waals surface area contributed by atoms with Gasteiger partial charge in [-0.15, -0.1) is 0 Å². The van der Waals surface area contributed by atoms with E-state index in [1.807, 2.05) is 0 Å². The van der Waals surface area contributed by atoms with Crippen LogP contribution in [0.1, 0.15) is 194 Å². The van der Waals surface area contributed by atoms with Gasteiger partial charge in [-0.05, 0) is 38.5 Å². The Bertz CT molecular complexity index is 788. The number of hydrogen-bond donors (Lipinski definition) is 4. The van der Waals surface area contributed by atoms with Crippen molar-refractivity contribution in [2.45, 2.75) is 212 Å². The summed E-state index contributed by atoms with van der Waals surface area (Å²) in [5.41, 5.74) is 0. The summed E-state index contributed by atoms with van der Waals surface area (Å²) in [5, 5.41) is 23.4. The molecule has 4 N–H and O–H groups in total. The molecule has 1 amide bonds. The molecule has 0 fully saturated rings. The maximum Gasteiger partial charge on any atom is 0.266 e. The predicted molar refractivity (Wildman–Crippen MR) is 190 cm³/mol. The summed E-state index contributed by atoms with van der Waals surface area (Å²) in [4.78, 5) is 12.5. The minimum Gasteiger partial charge on any atom is -0.391 e. The summed E-state index contributed by atoms with van der Waals surface area (Å²) in [5.74, 6) is -1.47. The number of hydrogen-bond acceptors (Lipinski definition) is 5. The van der Waals surface area contributed by atoms with Crippen molar-refractivity contribution in [2.75, 3.05) is 5.75 Å². The number of carbonyl (C=O) groups excluding carboxylic acids is 1. The smallest absolute Gasteiger partial charge is 0.266 e. The Morgan fingerprint density at radius 2 is 0.933 bits per heavy atom. The Morgan fingerprint density at radius 3 is 1.36 bits per heavy atom. The molecule has 3 atom stereocenters. The normalized spacial score (nSPS) is 14.2. The first kappa shape index (κ1) is 44.0. The van der Waals surface area contributed by atoms with Gasteiger partial charge in [0.05, 0.1) is 17.9 Å². The Hall–Kier alpha value is -0.960. The van der Waals surface area contributed by atoms with Crippen LogP contribution >= 0.6 is 0 Å². The van der Waals surface area contributed by atoms with Crippen molar-refractivity contribution in [1.82, 2.24) is 5.32 Å². The molecule has 7 nitrogen and oxygen atoms in total. The van der Waals surface area contributed by atoms with E-state index < -0.39 is 40.0 Å². The van der Waals surface area contributed by atoms with E-state index in [9.17, 15) is 28.0 Å². The maximum atomic E-state index is 12.5. The third-order valence-corrected chi connectivity index (χ3v) is 9.61. The van der Waals surface area contributed by atoms with Gasteiger partial charge in [-0.1, -0.05) is 167 Å². The van der Waals surface area contributed by atoms with Gasteiger partial charge in [-0.2, -0.15) is 8.42 Å². The van der Waals surface area contributed by atoms with E-state index in [0.29, 0.717) is 19.3 Å². The molecule has 0 aromatic carbocycles. The summed E-state index contributed by atoms with van der Waals surface area (Å²) >= 11 is 0. The first-order valence-corrected chi connectivity index (χ1v) is 20.6. The molecule has 0 aromatic rings. The third-order valence-electron chi connectivity index (χ3n) is 8.83. The summed E-state index contributed by atoms with van der Waals surface area (Å²) in [6, 6.07) is -1.15. The number of aliphatic hydroxyl groups is 2. The first-order chi connectivity index (χ1) is 21.7. The van der Waals surface area contributed by atoms with Gasteiger partial charge in [-0.3, -0.25) is 9.35 Å². The van der Waals surface area contributed by atoms with Crippen LogP contribution in [0.4, 0.5) is 0 Å². The molecule has 268 valence electrons. The van der Waals surface area contributed by atoms with Crippen molar-refractivity contribution in [3.8, 4) is 0 Å². The van der Waals surface area contributed by atoms with E-state index in [2.05, 4.69) is 31.3 Å². The fourth-order valence-corrected chi connectivity index (χ4v) is 6.63. The van der Waals surface area contributed by atoms with Crippen molar-refractivity contribution in [3.05, 3.63) is 12.2 Å². The second kappa shape index (κ2) is 31.6. The van der Waals surface area contributed by atoms with E-state index in [1.54, 1.807) is 0 Å². The van der Waals surface area contributed by atoms with Crippen LogP contribution in [0, 0.1) is 0 Å². The monoisotopic (exact) mass is 660 g/mol. The molecule has 0 saturated carbocycles. The van der Waals surface area contributed by atoms with Crippen LogP contribution in [0.15, 0.2) is 12.2 Å². The molecular weight excluding hydrogens is 586 g/mol. The average molecular weight is 660 g/mol. The molecule has 0 aliphatic heterocycles. The lowest BCUT2D eigenvalue weighted by molar-refractivity contribution is -0.131. The van der Waals surface area contributed by atoms with Crippen LogP contribution < -0.4 is 5.32 Å². The van der Waals surface area contributed by atoms with Crippen LogP contribution in [0.5, 0.6) is 0 Å². The van der Waals surface area contributed by atoms with Gasteiger partial charge in [0, 0.05) is 0 Å². The molecule has 0 spiro atoms. The molecule has 0 radical (unpaired) electrons. The van der Waals surface area contributed by atoms with Gasteiger partial charge in [-0.25, -0.2) is 0 Å². The molecular formula is C37H73NO6S. The van der Waals surface area contributed by atoms with Gasteiger partial charge in [0.15, 0.2) is 0 Å². The van der Waals surface area contributed by atoms with Gasteiger partial charge >= 0.3 is 0 Å². The zero-order valence-corrected chi connectivity index (χ0v) is 30.2. The SMILES string of the molecule is CCCCCCCC/C=C\CCCCC(O)C(=O)NC(CS(=O)(=O)O)C(O)CCCCCCCCCCCCCCCCCC. The molecule has 45 heavy (non-hydrogen) atoms. The number of carbonyl (C=O) groups is 1. The molecule has 0 saturated heterocycles. The minimum absolute atomic E-state index is 0.269. The van der Waals surface area contributed by atoms with Crippen LogP contribution in [0.3, 0.4) is 0 Å². The molecule has 8 heteroatoms. The molecule has 3 unspecified atom stereocenters. The molecule has 0 aliphatic rings. The Labute approximate surface area is 278 Å². The van der Waals surface area contributed by atoms with Crippen LogP contribution in [0.2, 0.25) is 0 Å². The molecule has 0 rings (SSSR count). The van der Waals surface area contributed by atoms with Crippen molar-refractivity contribution in [2.24, 2.45) is 0 Å². The lowest BCUT2D eigenvalue weighted by Crippen LogP contribution is -2.50. The van der Waals surface area contributed by atoms with Crippen molar-refractivity contribution in [3.63, 3.8) is 0 Å². The maximum absolute atomic E-state index is 12.5. The number of amides is 1. The lowest BCUT2D eigenvalue weighted by atomic mass is 10.0. The summed E-state index contributed by atoms with van der Waals surface area (Å²) in [7, 11) is -4.40. The highest BCUT2D eigenvalue weighted by Gasteiger charge is 2.28. The molecule has 0 bridgehead atoms. The predicted octanol–water partition coefficient (Wildman–Crippen LogP) is 9.60. The highest BCUT2D eigenvalue weighted by molar-refractivity contribution is 7.85. The van der Waals surface area contributed by atoms with Gasteiger partial charge in [0.1, 0.15) is 6.10 Å². The fourth-order valence-electron chi connectivity index (χ4n) is 5.87. The number of rotatable bonds is 34. The Balaban J connectivity index is 4.04. The lowest BCUT2D eigenvalue weighted by Gasteiger charge is -2.24. The van der Waals surface area contributed by atoms with E-state index >= 15 is 0 Å². The van der Waals surface area contributed by atoms with Crippen molar-refractivity contribution in [1.29, 1.82) is 0 Å². The first-order valence-electron chi connectivity index (χ1n) is 19.0. The topological polar surface area (TPSA) is 124 Å². The third kappa shape index (κ3) is 31.4. The number of unbranched alkanes of at least 4 members (excludes halogenated alkanes) is 23. The molecule has 0 aliphatic carbocycles. The van der Waals surface area contributed by atoms with Crippen molar-refractivity contribution >= 4 is 16.0 Å².